The van der Waals surface area contributed by atoms with Crippen LogP contribution in [0, 0.1) is 0 Å². The van der Waals surface area contributed by atoms with E-state index in [4.69, 9.17) is 14.2 Å². The molecule has 7 nitrogen and oxygen atoms in total. The number of esters is 1. The Morgan fingerprint density at radius 1 is 1.30 bits per heavy atom. The number of hydrogen-bond donors (Lipinski definition) is 2. The number of carbonyl (C=O) groups is 2. The number of ketones is 1. The molecule has 8 heteroatoms. The highest BCUT2D eigenvalue weighted by molar-refractivity contribution is 9.10. The summed E-state index contributed by atoms with van der Waals surface area (Å²) in [6.07, 6.45) is 1.93. The number of nitrogens with one attached hydrogen (secondary N) is 1. The van der Waals surface area contributed by atoms with Crippen LogP contribution < -0.4 is 10.1 Å². The Bertz CT molecular complexity index is 920. The number of phenolic OH excluding ortho intramolecular Hbond substituents is 1. The van der Waals surface area contributed by atoms with Crippen LogP contribution in [-0.2, 0) is 19.1 Å². The Labute approximate surface area is 184 Å². The van der Waals surface area contributed by atoms with Crippen LogP contribution in [0.1, 0.15) is 44.6 Å². The molecule has 2 aliphatic rings. The summed E-state index contributed by atoms with van der Waals surface area (Å²) in [7, 11) is 1.45. The Balaban J connectivity index is 2.08. The predicted octanol–water partition coefficient (Wildman–Crippen LogP) is 3.71. The van der Waals surface area contributed by atoms with Crippen LogP contribution >= 0.6 is 15.9 Å². The predicted molar refractivity (Wildman–Crippen MR) is 114 cm³/mol. The van der Waals surface area contributed by atoms with Gasteiger partial charge in [-0.05, 0) is 60.3 Å². The van der Waals surface area contributed by atoms with E-state index in [1.54, 1.807) is 12.1 Å². The molecule has 0 amide bonds. The SMILES string of the molecule is CCOCCOC(=O)C1=C(C)NC2=C(C(=O)CCC2)[C@H]1c1cc(Br)c(O)c(OC)c1. The van der Waals surface area contributed by atoms with E-state index in [0.29, 0.717) is 46.5 Å². The van der Waals surface area contributed by atoms with Gasteiger partial charge in [0.25, 0.3) is 0 Å². The molecular weight excluding hydrogens is 454 g/mol. The highest BCUT2D eigenvalue weighted by atomic mass is 79.9. The lowest BCUT2D eigenvalue weighted by Gasteiger charge is -2.34. The molecule has 0 saturated heterocycles. The largest absolute Gasteiger partial charge is 0.503 e. The molecule has 0 unspecified atom stereocenters. The molecule has 0 fully saturated rings. The number of hydrogen-bond acceptors (Lipinski definition) is 7. The first-order valence-corrected chi connectivity index (χ1v) is 10.7. The Morgan fingerprint density at radius 3 is 2.77 bits per heavy atom. The average molecular weight is 480 g/mol. The molecule has 30 heavy (non-hydrogen) atoms. The van der Waals surface area contributed by atoms with Crippen molar-refractivity contribution >= 4 is 27.7 Å². The van der Waals surface area contributed by atoms with Gasteiger partial charge in [0, 0.05) is 35.9 Å². The van der Waals surface area contributed by atoms with Gasteiger partial charge in [-0.1, -0.05) is 0 Å². The molecule has 1 atom stereocenters. The molecule has 1 heterocycles. The third-order valence-corrected chi connectivity index (χ3v) is 5.87. The van der Waals surface area contributed by atoms with Gasteiger partial charge in [0.05, 0.1) is 23.8 Å². The van der Waals surface area contributed by atoms with E-state index in [1.165, 1.54) is 7.11 Å². The first-order chi connectivity index (χ1) is 14.4. The molecule has 1 aliphatic heterocycles. The van der Waals surface area contributed by atoms with Gasteiger partial charge < -0.3 is 24.6 Å². The summed E-state index contributed by atoms with van der Waals surface area (Å²) < 4.78 is 16.4. The van der Waals surface area contributed by atoms with E-state index in [9.17, 15) is 14.7 Å². The quantitative estimate of drug-likeness (QED) is 0.454. The minimum atomic E-state index is -0.612. The van der Waals surface area contributed by atoms with Gasteiger partial charge in [0.15, 0.2) is 17.3 Å². The molecule has 0 bridgehead atoms. The van der Waals surface area contributed by atoms with Crippen LogP contribution in [0.25, 0.3) is 0 Å². The number of rotatable bonds is 7. The Kier molecular flexibility index (Phi) is 7.20. The number of Topliss-reactive ketones (excluding diaryl/α,β-unsaturated/α-hetero) is 1. The van der Waals surface area contributed by atoms with Gasteiger partial charge >= 0.3 is 5.97 Å². The van der Waals surface area contributed by atoms with Crippen LogP contribution in [0.5, 0.6) is 11.5 Å². The van der Waals surface area contributed by atoms with Crippen LogP contribution in [0.3, 0.4) is 0 Å². The molecule has 0 saturated carbocycles. The average Bonchev–Trinajstić information content (AvgIpc) is 2.72. The van der Waals surface area contributed by atoms with E-state index < -0.39 is 11.9 Å². The lowest BCUT2D eigenvalue weighted by atomic mass is 9.75. The molecule has 1 aromatic rings. The molecule has 2 N–H and O–H groups in total. The number of phenols is 1. The monoisotopic (exact) mass is 479 g/mol. The van der Waals surface area contributed by atoms with Crippen LogP contribution in [0.2, 0.25) is 0 Å². The maximum absolute atomic E-state index is 13.0. The fourth-order valence-electron chi connectivity index (χ4n) is 3.92. The summed E-state index contributed by atoms with van der Waals surface area (Å²) in [5.74, 6) is -0.896. The topological polar surface area (TPSA) is 94.1 Å². The fourth-order valence-corrected chi connectivity index (χ4v) is 4.38. The van der Waals surface area contributed by atoms with Gasteiger partial charge in [0.1, 0.15) is 6.61 Å². The zero-order valence-corrected chi connectivity index (χ0v) is 18.9. The van der Waals surface area contributed by atoms with Crippen molar-refractivity contribution in [3.8, 4) is 11.5 Å². The molecule has 162 valence electrons. The maximum Gasteiger partial charge on any atom is 0.336 e. The smallest absolute Gasteiger partial charge is 0.336 e. The molecular formula is C22H26BrNO6. The molecule has 1 aliphatic carbocycles. The van der Waals surface area contributed by atoms with Crippen molar-refractivity contribution in [3.63, 3.8) is 0 Å². The first kappa shape index (κ1) is 22.4. The minimum Gasteiger partial charge on any atom is -0.503 e. The number of allylic oxidation sites excluding steroid dienone is 3. The lowest BCUT2D eigenvalue weighted by molar-refractivity contribution is -0.140. The minimum absolute atomic E-state index is 0.00373. The molecule has 3 rings (SSSR count). The summed E-state index contributed by atoms with van der Waals surface area (Å²) in [6.45, 7) is 4.64. The van der Waals surface area contributed by atoms with E-state index in [0.717, 1.165) is 18.5 Å². The number of methoxy groups -OCH3 is 1. The Hall–Kier alpha value is -2.32. The normalized spacial score (nSPS) is 18.8. The summed E-state index contributed by atoms with van der Waals surface area (Å²) in [5, 5.41) is 13.5. The van der Waals surface area contributed by atoms with Gasteiger partial charge in [-0.15, -0.1) is 0 Å². The number of benzene rings is 1. The summed E-state index contributed by atoms with van der Waals surface area (Å²) >= 11 is 3.34. The third kappa shape index (κ3) is 4.39. The van der Waals surface area contributed by atoms with E-state index >= 15 is 0 Å². The van der Waals surface area contributed by atoms with Crippen molar-refractivity contribution in [2.24, 2.45) is 0 Å². The zero-order valence-electron chi connectivity index (χ0n) is 17.3. The zero-order chi connectivity index (χ0) is 21.8. The van der Waals surface area contributed by atoms with Crippen molar-refractivity contribution in [1.29, 1.82) is 0 Å². The van der Waals surface area contributed by atoms with Crippen molar-refractivity contribution in [1.82, 2.24) is 5.32 Å². The highest BCUT2D eigenvalue weighted by Gasteiger charge is 2.39. The van der Waals surface area contributed by atoms with Gasteiger partial charge in [-0.25, -0.2) is 4.79 Å². The lowest BCUT2D eigenvalue weighted by Crippen LogP contribution is -2.34. The number of dihydropyridines is 1. The molecule has 0 spiro atoms. The summed E-state index contributed by atoms with van der Waals surface area (Å²) in [5.41, 5.74) is 3.10. The number of carbonyl (C=O) groups excluding carboxylic acids is 2. The second kappa shape index (κ2) is 9.66. The number of halogens is 1. The van der Waals surface area contributed by atoms with Gasteiger partial charge in [-0.3, -0.25) is 4.79 Å². The maximum atomic E-state index is 13.0. The van der Waals surface area contributed by atoms with Crippen molar-refractivity contribution in [3.05, 3.63) is 44.7 Å². The second-order valence-electron chi connectivity index (χ2n) is 7.15. The van der Waals surface area contributed by atoms with Gasteiger partial charge in [-0.2, -0.15) is 0 Å². The molecule has 1 aromatic carbocycles. The third-order valence-electron chi connectivity index (χ3n) is 5.26. The van der Waals surface area contributed by atoms with Gasteiger partial charge in [0.2, 0.25) is 0 Å². The highest BCUT2D eigenvalue weighted by Crippen LogP contribution is 2.46. The van der Waals surface area contributed by atoms with Crippen molar-refractivity contribution in [2.75, 3.05) is 26.9 Å². The second-order valence-corrected chi connectivity index (χ2v) is 8.01. The molecule has 0 aromatic heterocycles. The van der Waals surface area contributed by atoms with Crippen molar-refractivity contribution < 1.29 is 28.9 Å². The Morgan fingerprint density at radius 2 is 2.07 bits per heavy atom. The van der Waals surface area contributed by atoms with E-state index in [2.05, 4.69) is 21.2 Å². The van der Waals surface area contributed by atoms with Crippen molar-refractivity contribution in [2.45, 2.75) is 39.0 Å². The van der Waals surface area contributed by atoms with Crippen LogP contribution in [0.4, 0.5) is 0 Å². The standard InChI is InChI=1S/C22H26BrNO6/c1-4-29-8-9-30-22(27)18-12(2)24-15-6-5-7-16(25)20(15)19(18)13-10-14(23)21(26)17(11-13)28-3/h10-11,19,24,26H,4-9H2,1-3H3/t19-/m0/s1. The first-order valence-electron chi connectivity index (χ1n) is 9.94. The van der Waals surface area contributed by atoms with Crippen LogP contribution in [0.15, 0.2) is 39.1 Å². The summed E-state index contributed by atoms with van der Waals surface area (Å²) in [6, 6.07) is 3.37. The fraction of sp³-hybridized carbons (Fsp3) is 0.455. The number of aromatic hydroxyl groups is 1. The van der Waals surface area contributed by atoms with E-state index in [-0.39, 0.29) is 23.9 Å². The number of ether oxygens (including phenoxy) is 3. The van der Waals surface area contributed by atoms with Crippen LogP contribution in [-0.4, -0.2) is 43.8 Å². The summed E-state index contributed by atoms with van der Waals surface area (Å²) in [4.78, 5) is 25.9. The molecule has 0 radical (unpaired) electrons. The van der Waals surface area contributed by atoms with E-state index in [1.807, 2.05) is 13.8 Å².